The van der Waals surface area contributed by atoms with Gasteiger partial charge >= 0.3 is 0 Å². The van der Waals surface area contributed by atoms with Crippen LogP contribution >= 0.6 is 0 Å². The monoisotopic (exact) mass is 267 g/mol. The van der Waals surface area contributed by atoms with E-state index in [4.69, 9.17) is 10.5 Å². The van der Waals surface area contributed by atoms with Crippen LogP contribution < -0.4 is 10.5 Å². The van der Waals surface area contributed by atoms with Crippen LogP contribution in [0.5, 0.6) is 5.75 Å². The van der Waals surface area contributed by atoms with E-state index in [2.05, 4.69) is 38.1 Å². The molecule has 1 saturated carbocycles. The van der Waals surface area contributed by atoms with Crippen LogP contribution in [0, 0.1) is 5.41 Å². The summed E-state index contributed by atoms with van der Waals surface area (Å²) < 4.78 is 6.01. The SMILES string of the molecule is CC1(C)[C@@H](N)[C@@H]1c1ccccc1OCc1ccccc1. The Bertz CT molecular complexity index is 591. The summed E-state index contributed by atoms with van der Waals surface area (Å²) in [6.45, 7) is 5.03. The molecule has 20 heavy (non-hydrogen) atoms. The highest BCUT2D eigenvalue weighted by Crippen LogP contribution is 2.59. The van der Waals surface area contributed by atoms with Crippen molar-refractivity contribution in [2.45, 2.75) is 32.4 Å². The molecule has 2 atom stereocenters. The van der Waals surface area contributed by atoms with Crippen LogP contribution in [0.1, 0.15) is 30.9 Å². The number of hydrogen-bond acceptors (Lipinski definition) is 2. The van der Waals surface area contributed by atoms with Crippen LogP contribution in [-0.2, 0) is 6.61 Å². The highest BCUT2D eigenvalue weighted by Gasteiger charge is 2.57. The molecule has 2 aromatic rings. The second-order valence-electron chi connectivity index (χ2n) is 6.14. The zero-order chi connectivity index (χ0) is 14.2. The quantitative estimate of drug-likeness (QED) is 0.916. The zero-order valence-electron chi connectivity index (χ0n) is 12.0. The van der Waals surface area contributed by atoms with E-state index in [0.29, 0.717) is 12.5 Å². The van der Waals surface area contributed by atoms with Crippen LogP contribution in [-0.4, -0.2) is 6.04 Å². The standard InChI is InChI=1S/C18H21NO/c1-18(2)16(17(18)19)14-10-6-7-11-15(14)20-12-13-8-4-3-5-9-13/h3-11,16-17H,12,19H2,1-2H3/t16-,17-/m0/s1. The van der Waals surface area contributed by atoms with Crippen LogP contribution in [0.15, 0.2) is 54.6 Å². The molecule has 0 unspecified atom stereocenters. The second kappa shape index (κ2) is 4.95. The fourth-order valence-corrected chi connectivity index (χ4v) is 2.88. The molecule has 2 nitrogen and oxygen atoms in total. The van der Waals surface area contributed by atoms with E-state index in [-0.39, 0.29) is 11.5 Å². The van der Waals surface area contributed by atoms with Crippen LogP contribution in [0.4, 0.5) is 0 Å². The van der Waals surface area contributed by atoms with E-state index in [1.807, 2.05) is 30.3 Å². The summed E-state index contributed by atoms with van der Waals surface area (Å²) >= 11 is 0. The van der Waals surface area contributed by atoms with Gasteiger partial charge in [-0.2, -0.15) is 0 Å². The summed E-state index contributed by atoms with van der Waals surface area (Å²) in [6, 6.07) is 18.7. The lowest BCUT2D eigenvalue weighted by Gasteiger charge is -2.12. The normalized spacial score (nSPS) is 23.4. The Labute approximate surface area is 120 Å². The molecule has 0 heterocycles. The molecule has 3 rings (SSSR count). The number of ether oxygens (including phenoxy) is 1. The van der Waals surface area contributed by atoms with Crippen LogP contribution in [0.25, 0.3) is 0 Å². The lowest BCUT2D eigenvalue weighted by atomic mass is 10.0. The predicted octanol–water partition coefficient (Wildman–Crippen LogP) is 3.72. The van der Waals surface area contributed by atoms with Gasteiger partial charge in [0.05, 0.1) is 0 Å². The van der Waals surface area contributed by atoms with Gasteiger partial charge in [-0.25, -0.2) is 0 Å². The van der Waals surface area contributed by atoms with E-state index in [9.17, 15) is 0 Å². The Morgan fingerprint density at radius 3 is 2.25 bits per heavy atom. The summed E-state index contributed by atoms with van der Waals surface area (Å²) in [6.07, 6.45) is 0. The predicted molar refractivity (Wildman–Crippen MR) is 81.7 cm³/mol. The highest BCUT2D eigenvalue weighted by molar-refractivity contribution is 5.44. The number of para-hydroxylation sites is 1. The molecule has 2 aromatic carbocycles. The molecule has 0 aliphatic heterocycles. The van der Waals surface area contributed by atoms with Crippen molar-refractivity contribution in [2.75, 3.05) is 0 Å². The molecule has 0 saturated heterocycles. The number of nitrogens with two attached hydrogens (primary N) is 1. The molecule has 0 aromatic heterocycles. The van der Waals surface area contributed by atoms with Gasteiger partial charge in [0.15, 0.2) is 0 Å². The average molecular weight is 267 g/mol. The molecule has 2 heteroatoms. The summed E-state index contributed by atoms with van der Waals surface area (Å²) in [5.74, 6) is 1.36. The lowest BCUT2D eigenvalue weighted by molar-refractivity contribution is 0.302. The molecular formula is C18H21NO. The molecule has 0 radical (unpaired) electrons. The molecular weight excluding hydrogens is 246 g/mol. The first-order valence-electron chi connectivity index (χ1n) is 7.12. The Balaban J connectivity index is 1.78. The van der Waals surface area contributed by atoms with Crippen LogP contribution in [0.3, 0.4) is 0 Å². The van der Waals surface area contributed by atoms with Gasteiger partial charge in [0.2, 0.25) is 0 Å². The van der Waals surface area contributed by atoms with E-state index in [1.54, 1.807) is 0 Å². The minimum absolute atomic E-state index is 0.173. The van der Waals surface area contributed by atoms with Gasteiger partial charge in [-0.3, -0.25) is 0 Å². The van der Waals surface area contributed by atoms with E-state index >= 15 is 0 Å². The van der Waals surface area contributed by atoms with Crippen molar-refractivity contribution in [1.29, 1.82) is 0 Å². The first-order valence-corrected chi connectivity index (χ1v) is 7.12. The van der Waals surface area contributed by atoms with Crippen molar-refractivity contribution in [3.63, 3.8) is 0 Å². The summed E-state index contributed by atoms with van der Waals surface area (Å²) in [7, 11) is 0. The lowest BCUT2D eigenvalue weighted by Crippen LogP contribution is -2.06. The fourth-order valence-electron chi connectivity index (χ4n) is 2.88. The van der Waals surface area contributed by atoms with Gasteiger partial charge in [0, 0.05) is 12.0 Å². The maximum atomic E-state index is 6.20. The van der Waals surface area contributed by atoms with Crippen LogP contribution in [0.2, 0.25) is 0 Å². The van der Waals surface area contributed by atoms with Crippen molar-refractivity contribution in [1.82, 2.24) is 0 Å². The number of hydrogen-bond donors (Lipinski definition) is 1. The molecule has 1 aliphatic carbocycles. The summed E-state index contributed by atoms with van der Waals surface area (Å²) in [4.78, 5) is 0. The molecule has 104 valence electrons. The molecule has 2 N–H and O–H groups in total. The Hall–Kier alpha value is -1.80. The Morgan fingerprint density at radius 1 is 1.00 bits per heavy atom. The van der Waals surface area contributed by atoms with Gasteiger partial charge in [-0.15, -0.1) is 0 Å². The minimum atomic E-state index is 0.173. The van der Waals surface area contributed by atoms with E-state index < -0.39 is 0 Å². The maximum Gasteiger partial charge on any atom is 0.123 e. The first kappa shape index (κ1) is 13.2. The van der Waals surface area contributed by atoms with Crippen molar-refractivity contribution < 1.29 is 4.74 Å². The number of benzene rings is 2. The average Bonchev–Trinajstić information content (AvgIpc) is 2.96. The second-order valence-corrected chi connectivity index (χ2v) is 6.14. The minimum Gasteiger partial charge on any atom is -0.489 e. The third-order valence-electron chi connectivity index (χ3n) is 4.40. The molecule has 1 aliphatic rings. The summed E-state index contributed by atoms with van der Waals surface area (Å²) in [5, 5.41) is 0. The summed E-state index contributed by atoms with van der Waals surface area (Å²) in [5.41, 5.74) is 8.79. The van der Waals surface area contributed by atoms with E-state index in [1.165, 1.54) is 11.1 Å². The molecule has 0 spiro atoms. The highest BCUT2D eigenvalue weighted by atomic mass is 16.5. The maximum absolute atomic E-state index is 6.20. The van der Waals surface area contributed by atoms with Crippen molar-refractivity contribution >= 4 is 0 Å². The van der Waals surface area contributed by atoms with Crippen molar-refractivity contribution in [3.8, 4) is 5.75 Å². The Morgan fingerprint density at radius 2 is 1.60 bits per heavy atom. The first-order chi connectivity index (χ1) is 9.60. The van der Waals surface area contributed by atoms with E-state index in [0.717, 1.165) is 5.75 Å². The van der Waals surface area contributed by atoms with Gasteiger partial charge in [-0.05, 0) is 22.6 Å². The number of rotatable bonds is 4. The third kappa shape index (κ3) is 2.32. The van der Waals surface area contributed by atoms with Gasteiger partial charge < -0.3 is 10.5 Å². The fraction of sp³-hybridized carbons (Fsp3) is 0.333. The molecule has 1 fully saturated rings. The topological polar surface area (TPSA) is 35.2 Å². The van der Waals surface area contributed by atoms with Crippen molar-refractivity contribution in [2.24, 2.45) is 11.1 Å². The molecule has 0 bridgehead atoms. The van der Waals surface area contributed by atoms with Crippen molar-refractivity contribution in [3.05, 3.63) is 65.7 Å². The van der Waals surface area contributed by atoms with Gasteiger partial charge in [-0.1, -0.05) is 62.4 Å². The van der Waals surface area contributed by atoms with Gasteiger partial charge in [0.1, 0.15) is 12.4 Å². The Kier molecular flexibility index (Phi) is 3.27. The smallest absolute Gasteiger partial charge is 0.123 e. The zero-order valence-corrected chi connectivity index (χ0v) is 12.0. The third-order valence-corrected chi connectivity index (χ3v) is 4.40. The largest absolute Gasteiger partial charge is 0.489 e. The molecule has 0 amide bonds. The van der Waals surface area contributed by atoms with Gasteiger partial charge in [0.25, 0.3) is 0 Å².